The summed E-state index contributed by atoms with van der Waals surface area (Å²) < 4.78 is 5.93. The second-order valence-electron chi connectivity index (χ2n) is 6.90. The second-order valence-corrected chi connectivity index (χ2v) is 7.31. The molecule has 0 saturated carbocycles. The van der Waals surface area contributed by atoms with Crippen molar-refractivity contribution in [3.63, 3.8) is 0 Å². The average molecular weight is 298 g/mol. The van der Waals surface area contributed by atoms with Gasteiger partial charge in [-0.25, -0.2) is 0 Å². The zero-order valence-corrected chi connectivity index (χ0v) is 14.2. The third-order valence-electron chi connectivity index (χ3n) is 3.04. The van der Waals surface area contributed by atoms with Gasteiger partial charge in [0.2, 0.25) is 0 Å². The number of halogens is 1. The Morgan fingerprint density at radius 3 is 2.55 bits per heavy atom. The predicted molar refractivity (Wildman–Crippen MR) is 87.6 cm³/mol. The highest BCUT2D eigenvalue weighted by atomic mass is 35.5. The summed E-state index contributed by atoms with van der Waals surface area (Å²) in [7, 11) is 0. The molecular formula is C17H28ClNO. The summed E-state index contributed by atoms with van der Waals surface area (Å²) in [5.41, 5.74) is 1.35. The first-order valence-corrected chi connectivity index (χ1v) is 7.78. The van der Waals surface area contributed by atoms with Crippen molar-refractivity contribution in [3.05, 3.63) is 28.8 Å². The normalized spacial score (nSPS) is 11.9. The van der Waals surface area contributed by atoms with Gasteiger partial charge in [-0.1, -0.05) is 52.3 Å². The van der Waals surface area contributed by atoms with E-state index in [-0.39, 0.29) is 5.41 Å². The van der Waals surface area contributed by atoms with E-state index < -0.39 is 0 Å². The fourth-order valence-corrected chi connectivity index (χ4v) is 2.03. The number of benzene rings is 1. The molecule has 1 aromatic carbocycles. The van der Waals surface area contributed by atoms with Crippen LogP contribution in [0, 0.1) is 11.3 Å². The van der Waals surface area contributed by atoms with Crippen LogP contribution in [0.25, 0.3) is 0 Å². The van der Waals surface area contributed by atoms with Crippen LogP contribution in [-0.2, 0) is 6.54 Å². The molecule has 20 heavy (non-hydrogen) atoms. The Labute approximate surface area is 128 Å². The SMILES string of the molecule is CC(C)CNCc1c(Cl)cccc1OCCC(C)(C)C. The van der Waals surface area contributed by atoms with Crippen LogP contribution in [0.3, 0.4) is 0 Å². The largest absolute Gasteiger partial charge is 0.493 e. The van der Waals surface area contributed by atoms with Crippen LogP contribution in [0.1, 0.15) is 46.6 Å². The Kier molecular flexibility index (Phi) is 6.84. The highest BCUT2D eigenvalue weighted by Gasteiger charge is 2.12. The number of nitrogens with one attached hydrogen (secondary N) is 1. The molecule has 0 unspecified atom stereocenters. The van der Waals surface area contributed by atoms with Crippen LogP contribution >= 0.6 is 11.6 Å². The maximum atomic E-state index is 6.29. The standard InChI is InChI=1S/C17H28ClNO/c1-13(2)11-19-12-14-15(18)7-6-8-16(14)20-10-9-17(3,4)5/h6-8,13,19H,9-12H2,1-5H3. The Bertz CT molecular complexity index is 410. The molecule has 1 rings (SSSR count). The second kappa shape index (κ2) is 7.90. The zero-order valence-electron chi connectivity index (χ0n) is 13.4. The molecule has 1 aromatic rings. The van der Waals surface area contributed by atoms with Crippen LogP contribution in [0.15, 0.2) is 18.2 Å². The van der Waals surface area contributed by atoms with E-state index in [0.717, 1.165) is 42.5 Å². The lowest BCUT2D eigenvalue weighted by Gasteiger charge is -2.19. The molecule has 0 aliphatic rings. The smallest absolute Gasteiger partial charge is 0.125 e. The monoisotopic (exact) mass is 297 g/mol. The molecule has 1 N–H and O–H groups in total. The van der Waals surface area contributed by atoms with Crippen LogP contribution in [-0.4, -0.2) is 13.2 Å². The quantitative estimate of drug-likeness (QED) is 0.773. The zero-order chi connectivity index (χ0) is 15.2. The van der Waals surface area contributed by atoms with E-state index in [1.54, 1.807) is 0 Å². The molecule has 114 valence electrons. The van der Waals surface area contributed by atoms with Crippen molar-refractivity contribution in [2.24, 2.45) is 11.3 Å². The van der Waals surface area contributed by atoms with E-state index in [1.165, 1.54) is 0 Å². The van der Waals surface area contributed by atoms with Crippen LogP contribution in [0.2, 0.25) is 5.02 Å². The molecule has 0 saturated heterocycles. The summed E-state index contributed by atoms with van der Waals surface area (Å²) in [5.74, 6) is 1.53. The van der Waals surface area contributed by atoms with Gasteiger partial charge in [0.15, 0.2) is 0 Å². The van der Waals surface area contributed by atoms with Gasteiger partial charge in [-0.3, -0.25) is 0 Å². The number of hydrogen-bond donors (Lipinski definition) is 1. The highest BCUT2D eigenvalue weighted by Crippen LogP contribution is 2.27. The van der Waals surface area contributed by atoms with Crippen molar-refractivity contribution in [2.75, 3.05) is 13.2 Å². The molecule has 0 bridgehead atoms. The van der Waals surface area contributed by atoms with Gasteiger partial charge in [0, 0.05) is 17.1 Å². The van der Waals surface area contributed by atoms with Gasteiger partial charge >= 0.3 is 0 Å². The molecule has 0 fully saturated rings. The minimum absolute atomic E-state index is 0.286. The molecular weight excluding hydrogens is 270 g/mol. The van der Waals surface area contributed by atoms with Crippen molar-refractivity contribution in [3.8, 4) is 5.75 Å². The van der Waals surface area contributed by atoms with Crippen molar-refractivity contribution in [1.82, 2.24) is 5.32 Å². The average Bonchev–Trinajstić information content (AvgIpc) is 2.30. The van der Waals surface area contributed by atoms with Crippen molar-refractivity contribution >= 4 is 11.6 Å². The van der Waals surface area contributed by atoms with Crippen LogP contribution in [0.5, 0.6) is 5.75 Å². The molecule has 0 radical (unpaired) electrons. The van der Waals surface area contributed by atoms with Gasteiger partial charge in [-0.05, 0) is 36.4 Å². The lowest BCUT2D eigenvalue weighted by atomic mass is 9.93. The van der Waals surface area contributed by atoms with E-state index >= 15 is 0 Å². The minimum Gasteiger partial charge on any atom is -0.493 e. The first-order chi connectivity index (χ1) is 9.29. The van der Waals surface area contributed by atoms with Gasteiger partial charge in [0.1, 0.15) is 5.75 Å². The lowest BCUT2D eigenvalue weighted by Crippen LogP contribution is -2.20. The molecule has 3 heteroatoms. The molecule has 0 atom stereocenters. The van der Waals surface area contributed by atoms with Gasteiger partial charge in [-0.15, -0.1) is 0 Å². The predicted octanol–water partition coefficient (Wildman–Crippen LogP) is 4.90. The molecule has 0 spiro atoms. The molecule has 2 nitrogen and oxygen atoms in total. The summed E-state index contributed by atoms with van der Waals surface area (Å²) in [6.07, 6.45) is 1.03. The molecule has 0 aliphatic carbocycles. The van der Waals surface area contributed by atoms with E-state index in [1.807, 2.05) is 18.2 Å². The number of rotatable bonds is 7. The molecule has 0 aromatic heterocycles. The summed E-state index contributed by atoms with van der Waals surface area (Å²) in [5, 5.41) is 4.20. The van der Waals surface area contributed by atoms with Crippen LogP contribution in [0.4, 0.5) is 0 Å². The van der Waals surface area contributed by atoms with E-state index in [0.29, 0.717) is 5.92 Å². The van der Waals surface area contributed by atoms with Crippen LogP contribution < -0.4 is 10.1 Å². The van der Waals surface area contributed by atoms with E-state index in [9.17, 15) is 0 Å². The maximum absolute atomic E-state index is 6.29. The van der Waals surface area contributed by atoms with Gasteiger partial charge in [0.05, 0.1) is 6.61 Å². The highest BCUT2D eigenvalue weighted by molar-refractivity contribution is 6.31. The molecule has 0 heterocycles. The Balaban J connectivity index is 2.63. The topological polar surface area (TPSA) is 21.3 Å². The van der Waals surface area contributed by atoms with Crippen molar-refractivity contribution in [1.29, 1.82) is 0 Å². The minimum atomic E-state index is 0.286. The van der Waals surface area contributed by atoms with E-state index in [4.69, 9.17) is 16.3 Å². The summed E-state index contributed by atoms with van der Waals surface area (Å²) >= 11 is 6.29. The molecule has 0 aliphatic heterocycles. The Hall–Kier alpha value is -0.730. The third-order valence-corrected chi connectivity index (χ3v) is 3.39. The van der Waals surface area contributed by atoms with Crippen molar-refractivity contribution < 1.29 is 4.74 Å². The number of ether oxygens (including phenoxy) is 1. The Morgan fingerprint density at radius 2 is 1.95 bits per heavy atom. The summed E-state index contributed by atoms with van der Waals surface area (Å²) in [4.78, 5) is 0. The molecule has 0 amide bonds. The lowest BCUT2D eigenvalue weighted by molar-refractivity contribution is 0.241. The first kappa shape index (κ1) is 17.3. The fourth-order valence-electron chi connectivity index (χ4n) is 1.80. The van der Waals surface area contributed by atoms with Gasteiger partial charge in [0.25, 0.3) is 0 Å². The van der Waals surface area contributed by atoms with Crippen molar-refractivity contribution in [2.45, 2.75) is 47.6 Å². The fraction of sp³-hybridized carbons (Fsp3) is 0.647. The van der Waals surface area contributed by atoms with Gasteiger partial charge < -0.3 is 10.1 Å². The third kappa shape index (κ3) is 6.62. The number of hydrogen-bond acceptors (Lipinski definition) is 2. The maximum Gasteiger partial charge on any atom is 0.125 e. The summed E-state index contributed by atoms with van der Waals surface area (Å²) in [6.45, 7) is 13.5. The van der Waals surface area contributed by atoms with Gasteiger partial charge in [-0.2, -0.15) is 0 Å². The van der Waals surface area contributed by atoms with E-state index in [2.05, 4.69) is 39.9 Å². The first-order valence-electron chi connectivity index (χ1n) is 7.40. The summed E-state index contributed by atoms with van der Waals surface area (Å²) in [6, 6.07) is 5.87. The Morgan fingerprint density at radius 1 is 1.25 bits per heavy atom.